The van der Waals surface area contributed by atoms with Crippen LogP contribution in [0, 0.1) is 13.8 Å². The third-order valence-corrected chi connectivity index (χ3v) is 2.70. The van der Waals surface area contributed by atoms with Gasteiger partial charge in [0.1, 0.15) is 0 Å². The van der Waals surface area contributed by atoms with Gasteiger partial charge >= 0.3 is 0 Å². The van der Waals surface area contributed by atoms with E-state index in [2.05, 4.69) is 10.5 Å². The number of nitrogens with zero attached hydrogens (tertiary/aromatic N) is 1. The minimum Gasteiger partial charge on any atom is -0.505 e. The van der Waals surface area contributed by atoms with Gasteiger partial charge in [-0.25, -0.2) is 0 Å². The van der Waals surface area contributed by atoms with Gasteiger partial charge < -0.3 is 15.4 Å². The van der Waals surface area contributed by atoms with Gasteiger partial charge in [0, 0.05) is 5.56 Å². The summed E-state index contributed by atoms with van der Waals surface area (Å²) in [7, 11) is 0. The Hall–Kier alpha value is -2.50. The van der Waals surface area contributed by atoms with Gasteiger partial charge in [0.15, 0.2) is 5.75 Å². The molecule has 0 aliphatic heterocycles. The summed E-state index contributed by atoms with van der Waals surface area (Å²) < 4.78 is 4.96. The van der Waals surface area contributed by atoms with Crippen molar-refractivity contribution in [3.05, 3.63) is 35.0 Å². The number of hydrogen-bond acceptors (Lipinski definition) is 5. The quantitative estimate of drug-likeness (QED) is 0.555. The van der Waals surface area contributed by atoms with Crippen molar-refractivity contribution in [1.29, 1.82) is 0 Å². The molecule has 0 aliphatic rings. The third kappa shape index (κ3) is 2.00. The van der Waals surface area contributed by atoms with Crippen LogP contribution in [0.1, 0.15) is 21.6 Å². The SMILES string of the molecule is Cc1noc(NC(=O)c2cccc(N)c2O)c1C. The van der Waals surface area contributed by atoms with E-state index in [1.165, 1.54) is 12.1 Å². The molecule has 0 saturated heterocycles. The number of aryl methyl sites for hydroxylation is 1. The highest BCUT2D eigenvalue weighted by Gasteiger charge is 2.16. The molecule has 94 valence electrons. The second-order valence-corrected chi connectivity index (χ2v) is 3.92. The first kappa shape index (κ1) is 12.0. The number of anilines is 2. The molecule has 0 atom stereocenters. The number of phenolic OH excluding ortho intramolecular Hbond substituents is 1. The molecule has 1 heterocycles. The van der Waals surface area contributed by atoms with Gasteiger partial charge in [-0.15, -0.1) is 0 Å². The van der Waals surface area contributed by atoms with Gasteiger partial charge in [-0.05, 0) is 26.0 Å². The van der Waals surface area contributed by atoms with E-state index >= 15 is 0 Å². The minimum atomic E-state index is -0.501. The van der Waals surface area contributed by atoms with Crippen molar-refractivity contribution in [2.24, 2.45) is 0 Å². The zero-order valence-electron chi connectivity index (χ0n) is 10.0. The molecule has 1 aromatic carbocycles. The van der Waals surface area contributed by atoms with Gasteiger partial charge in [0.25, 0.3) is 5.91 Å². The van der Waals surface area contributed by atoms with Crippen LogP contribution in [0.15, 0.2) is 22.7 Å². The summed E-state index contributed by atoms with van der Waals surface area (Å²) in [5, 5.41) is 15.9. The number of phenols is 1. The molecular weight excluding hydrogens is 234 g/mol. The number of carbonyl (C=O) groups excluding carboxylic acids is 1. The van der Waals surface area contributed by atoms with Gasteiger partial charge in [-0.3, -0.25) is 10.1 Å². The van der Waals surface area contributed by atoms with Gasteiger partial charge in [0.05, 0.1) is 16.9 Å². The molecule has 6 nitrogen and oxygen atoms in total. The van der Waals surface area contributed by atoms with Gasteiger partial charge in [-0.1, -0.05) is 11.2 Å². The average molecular weight is 247 g/mol. The molecule has 2 aromatic rings. The zero-order chi connectivity index (χ0) is 13.3. The van der Waals surface area contributed by atoms with E-state index in [0.717, 1.165) is 5.56 Å². The number of aromatic nitrogens is 1. The average Bonchev–Trinajstić information content (AvgIpc) is 2.64. The van der Waals surface area contributed by atoms with Crippen molar-refractivity contribution in [3.63, 3.8) is 0 Å². The van der Waals surface area contributed by atoms with Crippen LogP contribution in [-0.2, 0) is 0 Å². The highest BCUT2D eigenvalue weighted by molar-refractivity contribution is 6.06. The Morgan fingerprint density at radius 2 is 2.17 bits per heavy atom. The number of carbonyl (C=O) groups is 1. The second kappa shape index (κ2) is 4.40. The molecule has 0 fully saturated rings. The summed E-state index contributed by atoms with van der Waals surface area (Å²) in [6.07, 6.45) is 0. The third-order valence-electron chi connectivity index (χ3n) is 2.70. The lowest BCUT2D eigenvalue weighted by Gasteiger charge is -2.06. The van der Waals surface area contributed by atoms with E-state index in [0.29, 0.717) is 5.69 Å². The Morgan fingerprint density at radius 3 is 2.78 bits per heavy atom. The van der Waals surface area contributed by atoms with Crippen molar-refractivity contribution >= 4 is 17.5 Å². The fourth-order valence-electron chi connectivity index (χ4n) is 1.45. The number of nitrogens with one attached hydrogen (secondary N) is 1. The van der Waals surface area contributed by atoms with Crippen LogP contribution in [0.5, 0.6) is 5.75 Å². The van der Waals surface area contributed by atoms with Crippen molar-refractivity contribution in [2.75, 3.05) is 11.1 Å². The molecule has 2 rings (SSSR count). The molecule has 0 aliphatic carbocycles. The lowest BCUT2D eigenvalue weighted by atomic mass is 10.1. The Kier molecular flexibility index (Phi) is 2.93. The number of nitrogen functional groups attached to an aromatic ring is 1. The van der Waals surface area contributed by atoms with Gasteiger partial charge in [-0.2, -0.15) is 0 Å². The smallest absolute Gasteiger partial charge is 0.261 e. The first-order valence-electron chi connectivity index (χ1n) is 5.32. The molecule has 0 radical (unpaired) electrons. The normalized spacial score (nSPS) is 10.3. The van der Waals surface area contributed by atoms with Crippen LogP contribution in [0.4, 0.5) is 11.6 Å². The van der Waals surface area contributed by atoms with E-state index in [1.807, 2.05) is 0 Å². The van der Waals surface area contributed by atoms with E-state index in [9.17, 15) is 9.90 Å². The monoisotopic (exact) mass is 247 g/mol. The van der Waals surface area contributed by atoms with Crippen LogP contribution in [0.25, 0.3) is 0 Å². The van der Waals surface area contributed by atoms with Crippen LogP contribution in [-0.4, -0.2) is 16.2 Å². The maximum Gasteiger partial charge on any atom is 0.261 e. The molecule has 6 heteroatoms. The van der Waals surface area contributed by atoms with Crippen LogP contribution < -0.4 is 11.1 Å². The Balaban J connectivity index is 2.28. The zero-order valence-corrected chi connectivity index (χ0v) is 10.0. The topological polar surface area (TPSA) is 101 Å². The standard InChI is InChI=1S/C12H13N3O3/c1-6-7(2)15-18-12(6)14-11(17)8-4-3-5-9(13)10(8)16/h3-5,16H,13H2,1-2H3,(H,14,17). The summed E-state index contributed by atoms with van der Waals surface area (Å²) >= 11 is 0. The highest BCUT2D eigenvalue weighted by Crippen LogP contribution is 2.26. The van der Waals surface area contributed by atoms with Crippen LogP contribution in [0.2, 0.25) is 0 Å². The number of amides is 1. The Morgan fingerprint density at radius 1 is 1.44 bits per heavy atom. The molecule has 0 unspecified atom stereocenters. The molecule has 1 aromatic heterocycles. The molecule has 18 heavy (non-hydrogen) atoms. The molecule has 0 spiro atoms. The summed E-state index contributed by atoms with van der Waals surface area (Å²) in [6, 6.07) is 4.57. The highest BCUT2D eigenvalue weighted by atomic mass is 16.5. The molecular formula is C12H13N3O3. The van der Waals surface area contributed by atoms with Crippen molar-refractivity contribution < 1.29 is 14.4 Å². The largest absolute Gasteiger partial charge is 0.505 e. The maximum atomic E-state index is 11.9. The number of aromatic hydroxyl groups is 1. The molecule has 0 bridgehead atoms. The minimum absolute atomic E-state index is 0.0865. The fourth-order valence-corrected chi connectivity index (χ4v) is 1.45. The number of hydrogen-bond donors (Lipinski definition) is 3. The van der Waals surface area contributed by atoms with Crippen molar-refractivity contribution in [1.82, 2.24) is 5.16 Å². The van der Waals surface area contributed by atoms with Crippen LogP contribution >= 0.6 is 0 Å². The number of nitrogens with two attached hydrogens (primary N) is 1. The second-order valence-electron chi connectivity index (χ2n) is 3.92. The van der Waals surface area contributed by atoms with Crippen LogP contribution in [0.3, 0.4) is 0 Å². The van der Waals surface area contributed by atoms with E-state index < -0.39 is 5.91 Å². The molecule has 1 amide bonds. The molecule has 4 N–H and O–H groups in total. The van der Waals surface area contributed by atoms with E-state index in [4.69, 9.17) is 10.3 Å². The van der Waals surface area contributed by atoms with E-state index in [-0.39, 0.29) is 22.9 Å². The number of benzene rings is 1. The summed E-state index contributed by atoms with van der Waals surface area (Å²) in [4.78, 5) is 11.9. The van der Waals surface area contributed by atoms with Gasteiger partial charge in [0.2, 0.25) is 5.88 Å². The Labute approximate surface area is 103 Å². The number of para-hydroxylation sites is 1. The summed E-state index contributed by atoms with van der Waals surface area (Å²) in [5.74, 6) is -0.484. The first-order chi connectivity index (χ1) is 8.50. The first-order valence-corrected chi connectivity index (χ1v) is 5.32. The summed E-state index contributed by atoms with van der Waals surface area (Å²) in [6.45, 7) is 3.55. The fraction of sp³-hybridized carbons (Fsp3) is 0.167. The molecule has 0 saturated carbocycles. The van der Waals surface area contributed by atoms with Crippen molar-refractivity contribution in [2.45, 2.75) is 13.8 Å². The predicted octanol–water partition coefficient (Wildman–Crippen LogP) is 1.83. The number of rotatable bonds is 2. The lowest BCUT2D eigenvalue weighted by Crippen LogP contribution is -2.12. The lowest BCUT2D eigenvalue weighted by molar-refractivity contribution is 0.102. The maximum absolute atomic E-state index is 11.9. The van der Waals surface area contributed by atoms with Crippen molar-refractivity contribution in [3.8, 4) is 5.75 Å². The van der Waals surface area contributed by atoms with E-state index in [1.54, 1.807) is 19.9 Å². The predicted molar refractivity (Wildman–Crippen MR) is 66.4 cm³/mol. The Bertz CT molecular complexity index is 605. The summed E-state index contributed by atoms with van der Waals surface area (Å²) in [5.41, 5.74) is 7.19.